The molecule has 2 aliphatic rings. The molecule has 0 amide bonds. The number of benzene rings is 2. The fourth-order valence-electron chi connectivity index (χ4n) is 3.56. The van der Waals surface area contributed by atoms with Crippen molar-refractivity contribution in [3.05, 3.63) is 52.0 Å². The number of fused-ring (bicyclic) bond motifs is 1. The van der Waals surface area contributed by atoms with Crippen LogP contribution in [0.15, 0.2) is 36.4 Å². The summed E-state index contributed by atoms with van der Waals surface area (Å²) in [6.07, 6.45) is -0.581. The van der Waals surface area contributed by atoms with Crippen molar-refractivity contribution in [2.45, 2.75) is 12.6 Å². The minimum absolute atomic E-state index is 0. The third-order valence-electron chi connectivity index (χ3n) is 5.10. The van der Waals surface area contributed by atoms with Crippen LogP contribution in [-0.2, 0) is 6.54 Å². The van der Waals surface area contributed by atoms with Gasteiger partial charge in [0.25, 0.3) is 0 Å². The van der Waals surface area contributed by atoms with Gasteiger partial charge >= 0.3 is 0 Å². The zero-order chi connectivity index (χ0) is 20.2. The number of hydrogen-bond acceptors (Lipinski definition) is 6. The summed E-state index contributed by atoms with van der Waals surface area (Å²) in [7, 11) is 0. The Morgan fingerprint density at radius 3 is 2.39 bits per heavy atom. The van der Waals surface area contributed by atoms with E-state index in [-0.39, 0.29) is 31.4 Å². The summed E-state index contributed by atoms with van der Waals surface area (Å²) in [5, 5.41) is 11.3. The van der Waals surface area contributed by atoms with Gasteiger partial charge in [-0.2, -0.15) is 0 Å². The summed E-state index contributed by atoms with van der Waals surface area (Å²) in [4.78, 5) is 4.66. The van der Waals surface area contributed by atoms with Crippen LogP contribution < -0.4 is 14.2 Å². The van der Waals surface area contributed by atoms with E-state index >= 15 is 0 Å². The van der Waals surface area contributed by atoms with Crippen LogP contribution in [0, 0.1) is 0 Å². The molecule has 2 aliphatic heterocycles. The summed E-state index contributed by atoms with van der Waals surface area (Å²) in [5.74, 6) is 2.17. The topological polar surface area (TPSA) is 54.4 Å². The molecule has 2 heterocycles. The number of hydrogen-bond donors (Lipinski definition) is 1. The lowest BCUT2D eigenvalue weighted by molar-refractivity contribution is 0.0446. The van der Waals surface area contributed by atoms with Crippen molar-refractivity contribution >= 4 is 48.0 Å². The van der Waals surface area contributed by atoms with Crippen LogP contribution in [0.25, 0.3) is 0 Å². The Hall–Kier alpha value is -1.12. The first-order valence-corrected chi connectivity index (χ1v) is 10.4. The number of ether oxygens (including phenoxy) is 3. The Morgan fingerprint density at radius 1 is 0.935 bits per heavy atom. The van der Waals surface area contributed by atoms with Gasteiger partial charge in [-0.15, -0.1) is 24.8 Å². The number of aliphatic hydroxyl groups excluding tert-OH is 1. The number of β-amino-alcohol motifs (C(OH)–C–C–N with tert-alkyl or cyclic N) is 1. The van der Waals surface area contributed by atoms with Crippen LogP contribution in [-0.4, -0.2) is 67.1 Å². The van der Waals surface area contributed by atoms with Gasteiger partial charge in [0, 0.05) is 44.3 Å². The lowest BCUT2D eigenvalue weighted by Gasteiger charge is -2.35. The van der Waals surface area contributed by atoms with E-state index in [1.807, 2.05) is 6.07 Å². The predicted molar refractivity (Wildman–Crippen MR) is 127 cm³/mol. The summed E-state index contributed by atoms with van der Waals surface area (Å²) in [6.45, 7) is 5.66. The fraction of sp³-hybridized carbons (Fsp3) is 0.429. The largest absolute Gasteiger partial charge is 0.489 e. The Balaban J connectivity index is 0.00000171. The fourth-order valence-corrected chi connectivity index (χ4v) is 4.02. The second kappa shape index (κ2) is 12.2. The molecule has 1 N–H and O–H groups in total. The SMILES string of the molecule is Cl.Cl.OC(COc1ccc(Cl)cc1Cl)CN1CCN(Cc2ccc3c(c2)OCO3)CC1. The minimum Gasteiger partial charge on any atom is -0.489 e. The van der Waals surface area contributed by atoms with E-state index in [0.717, 1.165) is 44.2 Å². The summed E-state index contributed by atoms with van der Waals surface area (Å²) in [5.41, 5.74) is 1.22. The van der Waals surface area contributed by atoms with Crippen molar-refractivity contribution in [1.29, 1.82) is 0 Å². The molecule has 1 saturated heterocycles. The lowest BCUT2D eigenvalue weighted by atomic mass is 10.1. The van der Waals surface area contributed by atoms with Crippen molar-refractivity contribution in [2.24, 2.45) is 0 Å². The van der Waals surface area contributed by atoms with E-state index in [1.54, 1.807) is 18.2 Å². The van der Waals surface area contributed by atoms with E-state index in [4.69, 9.17) is 37.4 Å². The Bertz CT molecular complexity index is 850. The first kappa shape index (κ1) is 26.1. The molecule has 1 atom stereocenters. The van der Waals surface area contributed by atoms with Gasteiger partial charge in [-0.25, -0.2) is 0 Å². The summed E-state index contributed by atoms with van der Waals surface area (Å²) < 4.78 is 16.5. The van der Waals surface area contributed by atoms with Gasteiger partial charge in [0.2, 0.25) is 6.79 Å². The van der Waals surface area contributed by atoms with Crippen molar-refractivity contribution in [3.63, 3.8) is 0 Å². The third-order valence-corrected chi connectivity index (χ3v) is 5.63. The highest BCUT2D eigenvalue weighted by atomic mass is 35.5. The van der Waals surface area contributed by atoms with E-state index in [9.17, 15) is 5.11 Å². The molecule has 2 aromatic rings. The molecule has 6 nitrogen and oxygen atoms in total. The standard InChI is InChI=1S/C21H24Cl2N2O4.2ClH/c22-16-2-4-19(18(23)10-16)27-13-17(26)12-25-7-5-24(6-8-25)11-15-1-3-20-21(9-15)29-14-28-20;;/h1-4,9-10,17,26H,5-8,11-14H2;2*1H. The maximum Gasteiger partial charge on any atom is 0.231 e. The van der Waals surface area contributed by atoms with Crippen molar-refractivity contribution in [3.8, 4) is 17.2 Å². The normalized spacial score (nSPS) is 16.9. The Labute approximate surface area is 204 Å². The molecule has 0 saturated carbocycles. The highest BCUT2D eigenvalue weighted by Gasteiger charge is 2.21. The molecule has 31 heavy (non-hydrogen) atoms. The molecule has 172 valence electrons. The number of piperazine rings is 1. The van der Waals surface area contributed by atoms with Gasteiger partial charge in [-0.3, -0.25) is 9.80 Å². The molecule has 10 heteroatoms. The summed E-state index contributed by atoms with van der Waals surface area (Å²) >= 11 is 12.0. The van der Waals surface area contributed by atoms with E-state index in [1.165, 1.54) is 5.56 Å². The molecule has 0 aliphatic carbocycles. The molecule has 1 unspecified atom stereocenters. The second-order valence-electron chi connectivity index (χ2n) is 7.30. The van der Waals surface area contributed by atoms with Crippen molar-refractivity contribution < 1.29 is 19.3 Å². The van der Waals surface area contributed by atoms with Crippen LogP contribution in [0.4, 0.5) is 0 Å². The first-order chi connectivity index (χ1) is 14.1. The van der Waals surface area contributed by atoms with Gasteiger partial charge in [0.15, 0.2) is 11.5 Å². The maximum atomic E-state index is 10.3. The molecular formula is C21H26Cl4N2O4. The van der Waals surface area contributed by atoms with Crippen LogP contribution in [0.2, 0.25) is 10.0 Å². The van der Waals surface area contributed by atoms with Crippen LogP contribution in [0.5, 0.6) is 17.2 Å². The van der Waals surface area contributed by atoms with E-state index < -0.39 is 6.10 Å². The Kier molecular flexibility index (Phi) is 10.3. The van der Waals surface area contributed by atoms with Crippen LogP contribution in [0.3, 0.4) is 0 Å². The highest BCUT2D eigenvalue weighted by Crippen LogP contribution is 2.33. The zero-order valence-corrected chi connectivity index (χ0v) is 20.0. The first-order valence-electron chi connectivity index (χ1n) is 9.66. The maximum absolute atomic E-state index is 10.3. The van der Waals surface area contributed by atoms with Gasteiger partial charge in [-0.1, -0.05) is 29.3 Å². The molecular weight excluding hydrogens is 486 g/mol. The monoisotopic (exact) mass is 510 g/mol. The third kappa shape index (κ3) is 7.19. The van der Waals surface area contributed by atoms with Gasteiger partial charge in [-0.05, 0) is 35.9 Å². The zero-order valence-electron chi connectivity index (χ0n) is 16.8. The predicted octanol–water partition coefficient (Wildman–Crippen LogP) is 4.12. The molecule has 1 fully saturated rings. The summed E-state index contributed by atoms with van der Waals surface area (Å²) in [6, 6.07) is 11.2. The van der Waals surface area contributed by atoms with Crippen molar-refractivity contribution in [1.82, 2.24) is 9.80 Å². The molecule has 2 aromatic carbocycles. The minimum atomic E-state index is -0.581. The smallest absolute Gasteiger partial charge is 0.231 e. The van der Waals surface area contributed by atoms with Gasteiger partial charge in [0.1, 0.15) is 18.5 Å². The van der Waals surface area contributed by atoms with E-state index in [0.29, 0.717) is 29.1 Å². The van der Waals surface area contributed by atoms with Crippen molar-refractivity contribution in [2.75, 3.05) is 46.1 Å². The average Bonchev–Trinajstić information content (AvgIpc) is 3.17. The number of aliphatic hydroxyl groups is 1. The van der Waals surface area contributed by atoms with Crippen LogP contribution in [0.1, 0.15) is 5.56 Å². The number of halogens is 4. The Morgan fingerprint density at radius 2 is 1.65 bits per heavy atom. The molecule has 4 rings (SSSR count). The molecule has 0 bridgehead atoms. The van der Waals surface area contributed by atoms with Gasteiger partial charge < -0.3 is 19.3 Å². The highest BCUT2D eigenvalue weighted by molar-refractivity contribution is 6.35. The van der Waals surface area contributed by atoms with E-state index in [2.05, 4.69) is 21.9 Å². The molecule has 0 aromatic heterocycles. The van der Waals surface area contributed by atoms with Gasteiger partial charge in [0.05, 0.1) is 5.02 Å². The second-order valence-corrected chi connectivity index (χ2v) is 8.15. The number of rotatable bonds is 7. The average molecular weight is 512 g/mol. The lowest BCUT2D eigenvalue weighted by Crippen LogP contribution is -2.48. The number of nitrogens with zero attached hydrogens (tertiary/aromatic N) is 2. The molecule has 0 radical (unpaired) electrons. The quantitative estimate of drug-likeness (QED) is 0.603. The van der Waals surface area contributed by atoms with Crippen LogP contribution >= 0.6 is 48.0 Å². The molecule has 0 spiro atoms.